The number of hydrogen-bond acceptors (Lipinski definition) is 6. The van der Waals surface area contributed by atoms with E-state index in [0.717, 1.165) is 31.5 Å². The molecule has 0 spiro atoms. The second-order valence-electron chi connectivity index (χ2n) is 6.59. The van der Waals surface area contributed by atoms with Crippen LogP contribution in [0.15, 0.2) is 29.4 Å². The van der Waals surface area contributed by atoms with Gasteiger partial charge in [-0.05, 0) is 31.9 Å². The molecule has 0 saturated carbocycles. The van der Waals surface area contributed by atoms with E-state index in [2.05, 4.69) is 19.6 Å². The molecule has 0 amide bonds. The predicted molar refractivity (Wildman–Crippen MR) is 99.5 cm³/mol. The maximum absolute atomic E-state index is 12.8. The number of benzene rings is 1. The van der Waals surface area contributed by atoms with Crippen LogP contribution in [0.3, 0.4) is 0 Å². The SMILES string of the molecule is CC1Cc2cc(S(=O)(=O)Nc3cncc(N4CCCC4)n3)cc(Cl)c2O1. The quantitative estimate of drug-likeness (QED) is 0.858. The lowest BCUT2D eigenvalue weighted by molar-refractivity contribution is 0.255. The molecular formula is C17H19ClN4O3S. The average Bonchev–Trinajstić information content (AvgIpc) is 3.23. The lowest BCUT2D eigenvalue weighted by atomic mass is 10.1. The van der Waals surface area contributed by atoms with Gasteiger partial charge in [-0.25, -0.2) is 13.4 Å². The van der Waals surface area contributed by atoms with Gasteiger partial charge >= 0.3 is 0 Å². The molecule has 1 atom stereocenters. The smallest absolute Gasteiger partial charge is 0.263 e. The first kappa shape index (κ1) is 17.4. The second kappa shape index (κ2) is 6.59. The Kier molecular flexibility index (Phi) is 4.40. The topological polar surface area (TPSA) is 84.4 Å². The van der Waals surface area contributed by atoms with Crippen LogP contribution in [0.5, 0.6) is 5.75 Å². The van der Waals surface area contributed by atoms with Crippen LogP contribution in [-0.2, 0) is 16.4 Å². The van der Waals surface area contributed by atoms with Gasteiger partial charge < -0.3 is 9.64 Å². The van der Waals surface area contributed by atoms with Gasteiger partial charge in [-0.3, -0.25) is 9.71 Å². The van der Waals surface area contributed by atoms with Crippen molar-refractivity contribution < 1.29 is 13.2 Å². The first-order valence-corrected chi connectivity index (χ1v) is 10.4. The van der Waals surface area contributed by atoms with Crippen molar-refractivity contribution in [2.24, 2.45) is 0 Å². The minimum Gasteiger partial charge on any atom is -0.489 e. The van der Waals surface area contributed by atoms with Crippen molar-refractivity contribution >= 4 is 33.3 Å². The number of ether oxygens (including phenoxy) is 1. The molecule has 1 unspecified atom stereocenters. The van der Waals surface area contributed by atoms with Crippen LogP contribution in [0.25, 0.3) is 0 Å². The lowest BCUT2D eigenvalue weighted by Gasteiger charge is -2.16. The Morgan fingerprint density at radius 2 is 2.04 bits per heavy atom. The Balaban J connectivity index is 1.61. The van der Waals surface area contributed by atoms with Crippen molar-refractivity contribution in [2.45, 2.75) is 37.2 Å². The van der Waals surface area contributed by atoms with Crippen molar-refractivity contribution in [3.8, 4) is 5.75 Å². The molecule has 1 N–H and O–H groups in total. The Morgan fingerprint density at radius 1 is 1.27 bits per heavy atom. The maximum Gasteiger partial charge on any atom is 0.263 e. The first-order chi connectivity index (χ1) is 12.4. The number of nitrogens with one attached hydrogen (secondary N) is 1. The molecule has 7 nitrogen and oxygen atoms in total. The summed E-state index contributed by atoms with van der Waals surface area (Å²) in [6, 6.07) is 3.00. The van der Waals surface area contributed by atoms with E-state index in [1.54, 1.807) is 12.3 Å². The van der Waals surface area contributed by atoms with E-state index in [1.807, 2.05) is 6.92 Å². The van der Waals surface area contributed by atoms with E-state index in [9.17, 15) is 8.42 Å². The Bertz CT molecular complexity index is 945. The van der Waals surface area contributed by atoms with Gasteiger partial charge in [0.1, 0.15) is 17.7 Å². The van der Waals surface area contributed by atoms with Gasteiger partial charge in [-0.15, -0.1) is 0 Å². The number of anilines is 2. The molecule has 1 aromatic heterocycles. The molecule has 2 aliphatic rings. The number of sulfonamides is 1. The fourth-order valence-electron chi connectivity index (χ4n) is 3.31. The summed E-state index contributed by atoms with van der Waals surface area (Å²) in [5.41, 5.74) is 0.794. The highest BCUT2D eigenvalue weighted by atomic mass is 35.5. The molecule has 9 heteroatoms. The van der Waals surface area contributed by atoms with Gasteiger partial charge in [0.25, 0.3) is 10.0 Å². The highest BCUT2D eigenvalue weighted by Gasteiger charge is 2.26. The van der Waals surface area contributed by atoms with Crippen molar-refractivity contribution in [1.82, 2.24) is 9.97 Å². The maximum atomic E-state index is 12.8. The fourth-order valence-corrected chi connectivity index (χ4v) is 4.72. The standard InChI is InChI=1S/C17H19ClN4O3S/c1-11-6-12-7-13(8-14(18)17(12)25-11)26(23,24)21-15-9-19-10-16(20-15)22-4-2-3-5-22/h7-11H,2-6H2,1H3,(H,20,21). The summed E-state index contributed by atoms with van der Waals surface area (Å²) in [5, 5.41) is 0.295. The monoisotopic (exact) mass is 394 g/mol. The van der Waals surface area contributed by atoms with Gasteiger partial charge in [0.05, 0.1) is 22.3 Å². The van der Waals surface area contributed by atoms with Crippen molar-refractivity contribution in [3.63, 3.8) is 0 Å². The lowest BCUT2D eigenvalue weighted by Crippen LogP contribution is -2.20. The zero-order chi connectivity index (χ0) is 18.3. The number of nitrogens with zero attached hydrogens (tertiary/aromatic N) is 3. The second-order valence-corrected chi connectivity index (χ2v) is 8.68. The summed E-state index contributed by atoms with van der Waals surface area (Å²) in [7, 11) is -3.83. The Labute approximate surface area is 157 Å². The molecule has 0 aliphatic carbocycles. The van der Waals surface area contributed by atoms with Gasteiger partial charge in [0.2, 0.25) is 0 Å². The van der Waals surface area contributed by atoms with Gasteiger partial charge in [-0.1, -0.05) is 11.6 Å². The normalized spacial score (nSPS) is 19.3. The number of fused-ring (bicyclic) bond motifs is 1. The molecule has 26 heavy (non-hydrogen) atoms. The Morgan fingerprint density at radius 3 is 2.81 bits per heavy atom. The third kappa shape index (κ3) is 3.31. The van der Waals surface area contributed by atoms with Crippen LogP contribution in [0.4, 0.5) is 11.6 Å². The average molecular weight is 395 g/mol. The molecule has 1 saturated heterocycles. The molecule has 3 heterocycles. The highest BCUT2D eigenvalue weighted by Crippen LogP contribution is 2.38. The van der Waals surface area contributed by atoms with Gasteiger partial charge in [-0.2, -0.15) is 0 Å². The zero-order valence-corrected chi connectivity index (χ0v) is 15.8. The third-order valence-corrected chi connectivity index (χ3v) is 6.14. The van der Waals surface area contributed by atoms with Crippen molar-refractivity contribution in [2.75, 3.05) is 22.7 Å². The van der Waals surface area contributed by atoms with Crippen LogP contribution in [0.2, 0.25) is 5.02 Å². The number of hydrogen-bond donors (Lipinski definition) is 1. The van der Waals surface area contributed by atoms with E-state index in [4.69, 9.17) is 16.3 Å². The number of halogens is 1. The fraction of sp³-hybridized carbons (Fsp3) is 0.412. The molecule has 1 aromatic carbocycles. The third-order valence-electron chi connectivity index (χ3n) is 4.52. The molecule has 0 bridgehead atoms. The molecule has 4 rings (SSSR count). The minimum atomic E-state index is -3.83. The highest BCUT2D eigenvalue weighted by molar-refractivity contribution is 7.92. The molecule has 138 valence electrons. The molecule has 1 fully saturated rings. The molecular weight excluding hydrogens is 376 g/mol. The molecule has 0 radical (unpaired) electrons. The minimum absolute atomic E-state index is 0.0172. The Hall–Kier alpha value is -2.06. The van der Waals surface area contributed by atoms with E-state index in [1.165, 1.54) is 12.3 Å². The summed E-state index contributed by atoms with van der Waals surface area (Å²) < 4.78 is 33.7. The van der Waals surface area contributed by atoms with Crippen molar-refractivity contribution in [1.29, 1.82) is 0 Å². The first-order valence-electron chi connectivity index (χ1n) is 8.51. The predicted octanol–water partition coefficient (Wildman–Crippen LogP) is 2.85. The number of rotatable bonds is 4. The van der Waals surface area contributed by atoms with Gasteiger partial charge in [0, 0.05) is 25.1 Å². The van der Waals surface area contributed by atoms with Crippen LogP contribution in [0.1, 0.15) is 25.3 Å². The van der Waals surface area contributed by atoms with Crippen LogP contribution < -0.4 is 14.4 Å². The summed E-state index contributed by atoms with van der Waals surface area (Å²) in [5.74, 6) is 1.43. The van der Waals surface area contributed by atoms with E-state index in [0.29, 0.717) is 23.0 Å². The van der Waals surface area contributed by atoms with Crippen LogP contribution in [-0.4, -0.2) is 37.6 Å². The van der Waals surface area contributed by atoms with Gasteiger partial charge in [0.15, 0.2) is 5.82 Å². The van der Waals surface area contributed by atoms with E-state index >= 15 is 0 Å². The number of aromatic nitrogens is 2. The van der Waals surface area contributed by atoms with Crippen molar-refractivity contribution in [3.05, 3.63) is 35.1 Å². The molecule has 2 aliphatic heterocycles. The summed E-state index contributed by atoms with van der Waals surface area (Å²) in [6.45, 7) is 3.73. The molecule has 2 aromatic rings. The van der Waals surface area contributed by atoms with Crippen LogP contribution >= 0.6 is 11.6 Å². The van der Waals surface area contributed by atoms with E-state index in [-0.39, 0.29) is 16.8 Å². The summed E-state index contributed by atoms with van der Waals surface area (Å²) in [6.07, 6.45) is 5.86. The summed E-state index contributed by atoms with van der Waals surface area (Å²) in [4.78, 5) is 10.7. The van der Waals surface area contributed by atoms with E-state index < -0.39 is 10.0 Å². The van der Waals surface area contributed by atoms with Crippen LogP contribution in [0, 0.1) is 0 Å². The zero-order valence-electron chi connectivity index (χ0n) is 14.3. The largest absolute Gasteiger partial charge is 0.489 e. The summed E-state index contributed by atoms with van der Waals surface area (Å²) >= 11 is 6.21.